The van der Waals surface area contributed by atoms with Crippen LogP contribution in [0.15, 0.2) is 470 Å². The van der Waals surface area contributed by atoms with E-state index in [0.29, 0.717) is 97.7 Å². The van der Waals surface area contributed by atoms with Crippen molar-refractivity contribution in [3.63, 3.8) is 0 Å². The number of rotatable bonds is 20. The summed E-state index contributed by atoms with van der Waals surface area (Å²) in [4.78, 5) is 30.2. The summed E-state index contributed by atoms with van der Waals surface area (Å²) in [6.45, 7) is 0. The van der Waals surface area contributed by atoms with Crippen molar-refractivity contribution in [3.8, 4) is 69.8 Å². The van der Waals surface area contributed by atoms with Gasteiger partial charge in [-0.1, -0.05) is 211 Å². The van der Waals surface area contributed by atoms with Crippen molar-refractivity contribution in [1.82, 2.24) is 29.9 Å². The number of hydrogen-bond donors (Lipinski definition) is 1. The number of benzene rings is 15. The SMILES string of the molecule is Ic1cc(Oc2ccccn2)cc2c1oc1ccccc12.[Pt+2].[c-]1c(Oc2ccccn2)cc2c(oc3ccccc32)c1N(c1ccccc1)c1[c-]c(Oc2ccccn2)cc2c1oc1ccccc12.c1ccc(N(c2cc(Oc3ccccn3)cc3c2oc2ccccc23)c2cc(Oc3ccccn3)cc3c2oc2ccccc23)cc1.c1ccc(Nc2cc(Oc3ccccn3)cc3c2oc2ccccc23)cc1. The Balaban J connectivity index is 0.000000111. The molecule has 27 rings (SSSR count). The Hall–Kier alpha value is -18.4. The van der Waals surface area contributed by atoms with Crippen molar-refractivity contribution in [2.45, 2.75) is 0 Å². The molecule has 143 heavy (non-hydrogen) atoms. The van der Waals surface area contributed by atoms with Crippen LogP contribution in [0.3, 0.4) is 0 Å². The molecule has 0 saturated heterocycles. The zero-order valence-corrected chi connectivity index (χ0v) is 79.7. The van der Waals surface area contributed by atoms with E-state index < -0.39 is 0 Å². The summed E-state index contributed by atoms with van der Waals surface area (Å²) >= 11 is 2.27. The van der Waals surface area contributed by atoms with Crippen molar-refractivity contribution < 1.29 is 76.0 Å². The van der Waals surface area contributed by atoms with Crippen LogP contribution in [0.25, 0.3) is 132 Å². The van der Waals surface area contributed by atoms with Crippen LogP contribution in [-0.4, -0.2) is 29.9 Å². The van der Waals surface area contributed by atoms with Crippen LogP contribution in [0.1, 0.15) is 0 Å². The predicted octanol–water partition coefficient (Wildman–Crippen LogP) is 34.2. The summed E-state index contributed by atoms with van der Waals surface area (Å²) in [6.07, 6.45) is 10.2. The van der Waals surface area contributed by atoms with Gasteiger partial charge >= 0.3 is 21.1 Å². The molecule has 23 heteroatoms. The second kappa shape index (κ2) is 39.6. The van der Waals surface area contributed by atoms with Gasteiger partial charge in [0.05, 0.1) is 20.6 Å². The number of ether oxygens (including phenoxy) is 6. The number of para-hydroxylation sites is 9. The van der Waals surface area contributed by atoms with E-state index in [4.69, 9.17) is 54.9 Å². The molecule has 12 heterocycles. The summed E-state index contributed by atoms with van der Waals surface area (Å²) in [7, 11) is 0. The van der Waals surface area contributed by atoms with Crippen LogP contribution in [0.5, 0.6) is 69.8 Å². The Bertz CT molecular complexity index is 8580. The van der Waals surface area contributed by atoms with Crippen LogP contribution in [0.2, 0.25) is 0 Å². The second-order valence-corrected chi connectivity index (χ2v) is 33.9. The zero-order chi connectivity index (χ0) is 94.6. The van der Waals surface area contributed by atoms with Gasteiger partial charge in [-0.05, 0) is 173 Å². The molecule has 0 radical (unpaired) electrons. The van der Waals surface area contributed by atoms with Gasteiger partial charge in [-0.15, -0.1) is 24.3 Å². The molecule has 0 aliphatic carbocycles. The predicted molar refractivity (Wildman–Crippen MR) is 565 cm³/mol. The van der Waals surface area contributed by atoms with Crippen LogP contribution in [0.4, 0.5) is 45.5 Å². The number of furan rings is 6. The minimum Gasteiger partial charge on any atom is -0.513 e. The number of halogens is 1. The number of anilines is 8. The molecule has 0 amide bonds. The fourth-order valence-corrected chi connectivity index (χ4v) is 18.1. The standard InChI is InChI=1S/C40H25N3O4.C40H23N3O4.C23H16N2O2.C17H10INO2.Pt/c2*1-2-12-26(13-3-1)43(33-24-27(44-37-18-8-10-20-41-37)22-31-29-14-4-6-16-35(29)46-39(31)33)34-25-28(45-38-19-9-11-21-42-38)23-32-30-15-5-7-17-36(30)47-40(32)34;1-2-8-16(9-3-1)25-20-15-17(26-22-12-6-7-13-24-22)14-19-18-10-4-5-11-21(18)27-23(19)20;18-14-10-11(20-16-7-3-4-8-19-16)9-13-12-5-1-2-6-15(12)21-17(13)14;/h1-25H;1-23H;1-15,25H;1-10H;/q;-2;;;+2. The number of pyridine rings is 6. The van der Waals surface area contributed by atoms with E-state index in [1.165, 1.54) is 0 Å². The fraction of sp³-hybridized carbons (Fsp3) is 0. The average Bonchev–Trinajstić information content (AvgIpc) is 1.61. The first-order valence-electron chi connectivity index (χ1n) is 45.5. The molecule has 0 aliphatic heterocycles. The molecule has 0 fully saturated rings. The molecule has 0 unspecified atom stereocenters. The second-order valence-electron chi connectivity index (χ2n) is 32.8. The largest absolute Gasteiger partial charge is 2.00 e. The number of nitrogens with zero attached hydrogens (tertiary/aromatic N) is 8. The van der Waals surface area contributed by atoms with Gasteiger partial charge in [0.15, 0.2) is 16.7 Å². The van der Waals surface area contributed by atoms with Gasteiger partial charge in [0.1, 0.15) is 62.1 Å². The van der Waals surface area contributed by atoms with Gasteiger partial charge in [0, 0.05) is 185 Å². The molecule has 15 aromatic carbocycles. The Morgan fingerprint density at radius 1 is 0.231 bits per heavy atom. The van der Waals surface area contributed by atoms with E-state index in [-0.39, 0.29) is 21.1 Å². The van der Waals surface area contributed by atoms with E-state index >= 15 is 0 Å². The molecule has 0 saturated carbocycles. The van der Waals surface area contributed by atoms with Crippen LogP contribution in [0, 0.1) is 15.7 Å². The Labute approximate surface area is 843 Å². The Morgan fingerprint density at radius 3 is 0.846 bits per heavy atom. The van der Waals surface area contributed by atoms with Crippen LogP contribution >= 0.6 is 22.6 Å². The summed E-state index contributed by atoms with van der Waals surface area (Å²) in [6, 6.07) is 138. The van der Waals surface area contributed by atoms with E-state index in [2.05, 4.69) is 111 Å². The first-order valence-corrected chi connectivity index (χ1v) is 46.6. The fourth-order valence-electron chi connectivity index (χ4n) is 17.4. The first kappa shape index (κ1) is 88.6. The molecule has 1 N–H and O–H groups in total. The van der Waals surface area contributed by atoms with Gasteiger partial charge in [-0.25, -0.2) is 29.9 Å². The minimum atomic E-state index is 0. The number of hydrogen-bond acceptors (Lipinski definition) is 21. The molecule has 0 aliphatic rings. The molecular weight excluding hydrogens is 2080 g/mol. The summed E-state index contributed by atoms with van der Waals surface area (Å²) in [5.74, 6) is 6.64. The van der Waals surface area contributed by atoms with Crippen molar-refractivity contribution >= 4 is 200 Å². The van der Waals surface area contributed by atoms with Gasteiger partial charge in [-0.2, -0.15) is 0 Å². The molecule has 0 atom stereocenters. The quantitative estimate of drug-likeness (QED) is 0.0552. The third-order valence-electron chi connectivity index (χ3n) is 23.6. The number of aromatic nitrogens is 6. The monoisotopic (exact) mass is 2150 g/mol. The maximum absolute atomic E-state index is 6.62. The van der Waals surface area contributed by atoms with Crippen molar-refractivity contribution in [2.75, 3.05) is 15.1 Å². The maximum Gasteiger partial charge on any atom is 2.00 e. The molecule has 0 bridgehead atoms. The van der Waals surface area contributed by atoms with E-state index in [1.54, 1.807) is 37.2 Å². The topological polar surface area (TPSA) is 230 Å². The third kappa shape index (κ3) is 18.4. The summed E-state index contributed by atoms with van der Waals surface area (Å²) in [5, 5.41) is 15.0. The van der Waals surface area contributed by atoms with Gasteiger partial charge < -0.3 is 70.0 Å². The smallest absolute Gasteiger partial charge is 0.513 e. The third-order valence-corrected chi connectivity index (χ3v) is 24.4. The Morgan fingerprint density at radius 2 is 0.497 bits per heavy atom. The van der Waals surface area contributed by atoms with E-state index in [9.17, 15) is 0 Å². The molecule has 12 aromatic heterocycles. The van der Waals surface area contributed by atoms with Crippen molar-refractivity contribution in [2.24, 2.45) is 0 Å². The van der Waals surface area contributed by atoms with Gasteiger partial charge in [0.2, 0.25) is 35.3 Å². The minimum absolute atomic E-state index is 0. The molecular formula is C120H74IN9O12Pt. The number of fused-ring (bicyclic) bond motifs is 18. The zero-order valence-electron chi connectivity index (χ0n) is 75.3. The van der Waals surface area contributed by atoms with Gasteiger partial charge in [-0.3, -0.25) is 0 Å². The molecule has 21 nitrogen and oxygen atoms in total. The number of nitrogens with one attached hydrogen (secondary N) is 1. The average molecular weight is 2160 g/mol. The van der Waals surface area contributed by atoms with Crippen LogP contribution < -0.4 is 43.5 Å². The Kier molecular flexibility index (Phi) is 24.5. The van der Waals surface area contributed by atoms with E-state index in [1.807, 2.05) is 375 Å². The molecule has 688 valence electrons. The molecule has 27 aromatic rings. The normalized spacial score (nSPS) is 11.2. The molecule has 0 spiro atoms. The first-order chi connectivity index (χ1) is 70.2. The van der Waals surface area contributed by atoms with Crippen molar-refractivity contribution in [1.29, 1.82) is 0 Å². The van der Waals surface area contributed by atoms with Gasteiger partial charge in [0.25, 0.3) is 0 Å². The summed E-state index contributed by atoms with van der Waals surface area (Å²) in [5.41, 5.74) is 15.4. The van der Waals surface area contributed by atoms with E-state index in [0.717, 1.165) is 153 Å². The maximum atomic E-state index is 6.62. The summed E-state index contributed by atoms with van der Waals surface area (Å²) < 4.78 is 76.6. The van der Waals surface area contributed by atoms with Crippen LogP contribution in [-0.2, 0) is 21.1 Å². The van der Waals surface area contributed by atoms with Crippen molar-refractivity contribution in [3.05, 3.63) is 459 Å².